The van der Waals surface area contributed by atoms with Gasteiger partial charge in [-0.2, -0.15) is 0 Å². The van der Waals surface area contributed by atoms with E-state index in [0.717, 1.165) is 0 Å². The highest BCUT2D eigenvalue weighted by atomic mass is 32.2. The second-order valence-corrected chi connectivity index (χ2v) is 7.05. The maximum absolute atomic E-state index is 12.4. The predicted octanol–water partition coefficient (Wildman–Crippen LogP) is 1.27. The van der Waals surface area contributed by atoms with Gasteiger partial charge >= 0.3 is 0 Å². The van der Waals surface area contributed by atoms with Gasteiger partial charge < -0.3 is 5.73 Å². The van der Waals surface area contributed by atoms with E-state index in [1.54, 1.807) is 26.0 Å². The molecule has 3 N–H and O–H groups in total. The van der Waals surface area contributed by atoms with Crippen LogP contribution in [0.2, 0.25) is 0 Å². The van der Waals surface area contributed by atoms with Crippen molar-refractivity contribution in [3.05, 3.63) is 34.3 Å². The molecule has 8 heteroatoms. The Morgan fingerprint density at radius 1 is 1.33 bits per heavy atom. The molecule has 0 bridgehead atoms. The Morgan fingerprint density at radius 2 is 2.10 bits per heavy atom. The summed E-state index contributed by atoms with van der Waals surface area (Å²) >= 11 is 1.18. The minimum absolute atomic E-state index is 0.166. The number of rotatable bonds is 3. The number of sulfonamides is 1. The first kappa shape index (κ1) is 15.4. The molecule has 0 aliphatic rings. The average molecular weight is 322 g/mol. The van der Waals surface area contributed by atoms with E-state index < -0.39 is 10.0 Å². The van der Waals surface area contributed by atoms with Crippen molar-refractivity contribution in [2.45, 2.75) is 18.7 Å². The first-order valence-electron chi connectivity index (χ1n) is 6.05. The summed E-state index contributed by atoms with van der Waals surface area (Å²) in [5.41, 5.74) is 6.54. The number of nitrogens with one attached hydrogen (secondary N) is 1. The van der Waals surface area contributed by atoms with E-state index >= 15 is 0 Å². The summed E-state index contributed by atoms with van der Waals surface area (Å²) in [4.78, 5) is 0.166. The van der Waals surface area contributed by atoms with Crippen molar-refractivity contribution in [3.8, 4) is 11.8 Å². The molecule has 1 heterocycles. The van der Waals surface area contributed by atoms with Crippen LogP contribution in [-0.4, -0.2) is 25.2 Å². The van der Waals surface area contributed by atoms with Gasteiger partial charge in [0.25, 0.3) is 10.0 Å². The summed E-state index contributed by atoms with van der Waals surface area (Å²) in [7, 11) is -3.72. The molecule has 0 aliphatic heterocycles. The van der Waals surface area contributed by atoms with E-state index in [2.05, 4.69) is 26.8 Å². The van der Waals surface area contributed by atoms with Crippen molar-refractivity contribution in [3.63, 3.8) is 0 Å². The molecule has 0 amide bonds. The average Bonchev–Trinajstić information content (AvgIpc) is 2.82. The Balaban J connectivity index is 2.39. The molecule has 0 fully saturated rings. The van der Waals surface area contributed by atoms with Crippen molar-refractivity contribution in [1.29, 1.82) is 0 Å². The van der Waals surface area contributed by atoms with Crippen LogP contribution in [-0.2, 0) is 10.0 Å². The Hall–Kier alpha value is -1.95. The number of benzene rings is 1. The molecule has 1 aromatic carbocycles. The monoisotopic (exact) mass is 322 g/mol. The van der Waals surface area contributed by atoms with E-state index in [4.69, 9.17) is 5.73 Å². The van der Waals surface area contributed by atoms with Crippen LogP contribution in [0.1, 0.15) is 16.1 Å². The normalized spacial score (nSPS) is 10.8. The highest BCUT2D eigenvalue weighted by Crippen LogP contribution is 2.22. The van der Waals surface area contributed by atoms with E-state index in [1.807, 2.05) is 0 Å². The van der Waals surface area contributed by atoms with Gasteiger partial charge in [-0.3, -0.25) is 4.72 Å². The minimum Gasteiger partial charge on any atom is -0.320 e. The summed E-state index contributed by atoms with van der Waals surface area (Å²) < 4.78 is 27.2. The quantitative estimate of drug-likeness (QED) is 0.829. The Morgan fingerprint density at radius 3 is 2.71 bits per heavy atom. The smallest absolute Gasteiger partial charge is 0.264 e. The third-order valence-electron chi connectivity index (χ3n) is 2.56. The van der Waals surface area contributed by atoms with Crippen LogP contribution >= 0.6 is 11.3 Å². The largest absolute Gasteiger partial charge is 0.320 e. The summed E-state index contributed by atoms with van der Waals surface area (Å²) in [6.45, 7) is 3.70. The van der Waals surface area contributed by atoms with Gasteiger partial charge in [0.1, 0.15) is 5.01 Å². The lowest BCUT2D eigenvalue weighted by Gasteiger charge is -2.08. The zero-order valence-electron chi connectivity index (χ0n) is 11.5. The first-order chi connectivity index (χ1) is 9.92. The third kappa shape index (κ3) is 3.78. The molecule has 6 nitrogen and oxygen atoms in total. The predicted molar refractivity (Wildman–Crippen MR) is 82.6 cm³/mol. The van der Waals surface area contributed by atoms with Crippen molar-refractivity contribution >= 4 is 26.5 Å². The van der Waals surface area contributed by atoms with Crippen molar-refractivity contribution in [2.75, 3.05) is 11.3 Å². The van der Waals surface area contributed by atoms with Gasteiger partial charge in [0.15, 0.2) is 0 Å². The molecule has 21 heavy (non-hydrogen) atoms. The van der Waals surface area contributed by atoms with E-state index in [-0.39, 0.29) is 16.6 Å². The van der Waals surface area contributed by atoms with Crippen LogP contribution < -0.4 is 10.5 Å². The third-order valence-corrected chi connectivity index (χ3v) is 4.92. The lowest BCUT2D eigenvalue weighted by atomic mass is 10.1. The Kier molecular flexibility index (Phi) is 4.57. The summed E-state index contributed by atoms with van der Waals surface area (Å²) in [6.07, 6.45) is 0. The van der Waals surface area contributed by atoms with Crippen molar-refractivity contribution < 1.29 is 8.42 Å². The van der Waals surface area contributed by atoms with Crippen LogP contribution in [0.3, 0.4) is 0 Å². The summed E-state index contributed by atoms with van der Waals surface area (Å²) in [5, 5.41) is 8.47. The number of anilines is 1. The van der Waals surface area contributed by atoms with Gasteiger partial charge in [-0.15, -0.1) is 10.2 Å². The fraction of sp³-hybridized carbons (Fsp3) is 0.231. The van der Waals surface area contributed by atoms with Crippen molar-refractivity contribution in [1.82, 2.24) is 10.2 Å². The number of nitrogens with zero attached hydrogens (tertiary/aromatic N) is 2. The summed E-state index contributed by atoms with van der Waals surface area (Å²) in [5.74, 6) is 5.52. The van der Waals surface area contributed by atoms with Gasteiger partial charge in [-0.05, 0) is 31.5 Å². The molecule has 110 valence electrons. The second-order valence-electron chi connectivity index (χ2n) is 4.22. The van der Waals surface area contributed by atoms with Crippen LogP contribution in [0.25, 0.3) is 0 Å². The summed E-state index contributed by atoms with van der Waals surface area (Å²) in [6, 6.07) is 4.99. The molecule has 0 atom stereocenters. The maximum Gasteiger partial charge on any atom is 0.264 e. The molecule has 0 saturated heterocycles. The second kappa shape index (κ2) is 6.22. The van der Waals surface area contributed by atoms with Crippen LogP contribution in [0.15, 0.2) is 23.1 Å². The van der Waals surface area contributed by atoms with Gasteiger partial charge in [0.05, 0.1) is 11.4 Å². The molecular weight excluding hydrogens is 308 g/mol. The molecule has 2 aromatic rings. The zero-order chi connectivity index (χ0) is 15.5. The molecule has 0 aliphatic carbocycles. The van der Waals surface area contributed by atoms with Gasteiger partial charge in [0.2, 0.25) is 5.13 Å². The fourth-order valence-corrected chi connectivity index (χ4v) is 3.72. The molecule has 2 rings (SSSR count). The molecule has 1 aromatic heterocycles. The number of aryl methyl sites for hydroxylation is 2. The molecule has 0 saturated carbocycles. The van der Waals surface area contributed by atoms with Gasteiger partial charge in [-0.1, -0.05) is 29.2 Å². The van der Waals surface area contributed by atoms with E-state index in [0.29, 0.717) is 16.1 Å². The molecule has 0 unspecified atom stereocenters. The minimum atomic E-state index is -3.72. The van der Waals surface area contributed by atoms with E-state index in [9.17, 15) is 8.42 Å². The molecule has 0 radical (unpaired) electrons. The molecular formula is C13H14N4O2S2. The highest BCUT2D eigenvalue weighted by molar-refractivity contribution is 7.93. The SMILES string of the molecule is Cc1nnc(NS(=O)(=O)c2cc(C#CCN)ccc2C)s1. The Bertz CT molecular complexity index is 816. The van der Waals surface area contributed by atoms with Crippen molar-refractivity contribution in [2.24, 2.45) is 5.73 Å². The number of hydrogen-bond donors (Lipinski definition) is 2. The zero-order valence-corrected chi connectivity index (χ0v) is 13.2. The lowest BCUT2D eigenvalue weighted by Crippen LogP contribution is -2.14. The standard InChI is InChI=1S/C13H14N4O2S2/c1-9-5-6-11(4-3-7-14)8-12(9)21(18,19)17-13-16-15-10(2)20-13/h5-6,8H,7,14H2,1-2H3,(H,16,17). The van der Waals surface area contributed by atoms with Crippen LogP contribution in [0, 0.1) is 25.7 Å². The van der Waals surface area contributed by atoms with Crippen LogP contribution in [0.5, 0.6) is 0 Å². The number of nitrogens with two attached hydrogens (primary N) is 1. The van der Waals surface area contributed by atoms with Crippen LogP contribution in [0.4, 0.5) is 5.13 Å². The number of hydrogen-bond acceptors (Lipinski definition) is 6. The highest BCUT2D eigenvalue weighted by Gasteiger charge is 2.19. The fourth-order valence-electron chi connectivity index (χ4n) is 1.63. The van der Waals surface area contributed by atoms with Gasteiger partial charge in [-0.25, -0.2) is 8.42 Å². The van der Waals surface area contributed by atoms with E-state index in [1.165, 1.54) is 17.4 Å². The van der Waals surface area contributed by atoms with Gasteiger partial charge in [0, 0.05) is 5.56 Å². The Labute approximate surface area is 127 Å². The lowest BCUT2D eigenvalue weighted by molar-refractivity contribution is 0.600. The molecule has 0 spiro atoms. The topological polar surface area (TPSA) is 98.0 Å². The maximum atomic E-state index is 12.4. The first-order valence-corrected chi connectivity index (χ1v) is 8.35. The number of aromatic nitrogens is 2.